The summed E-state index contributed by atoms with van der Waals surface area (Å²) < 4.78 is 5.99. The van der Waals surface area contributed by atoms with Crippen LogP contribution in [-0.4, -0.2) is 36.4 Å². The Morgan fingerprint density at radius 2 is 1.56 bits per heavy atom. The maximum Gasteiger partial charge on any atom is 0.261 e. The highest BCUT2D eigenvalue weighted by atomic mass is 16.5. The van der Waals surface area contributed by atoms with Crippen molar-refractivity contribution in [1.82, 2.24) is 10.2 Å². The number of aryl methyl sites for hydroxylation is 3. The quantitative estimate of drug-likeness (QED) is 0.506. The van der Waals surface area contributed by atoms with E-state index in [4.69, 9.17) is 4.74 Å². The van der Waals surface area contributed by atoms with Gasteiger partial charge in [-0.2, -0.15) is 0 Å². The summed E-state index contributed by atoms with van der Waals surface area (Å²) in [7, 11) is 1.60. The normalized spacial score (nSPS) is 11.6. The van der Waals surface area contributed by atoms with E-state index in [2.05, 4.69) is 11.4 Å². The minimum Gasteiger partial charge on any atom is -0.483 e. The van der Waals surface area contributed by atoms with Crippen molar-refractivity contribution in [3.8, 4) is 5.75 Å². The standard InChI is InChI=1S/C29H34N2O3/c1-20-11-13-25(14-12-20)18-31(26(29(33)30-5)17-24-9-7-6-8-10-24)28(32)19-34-27-16-21(2)15-22(3)23(27)4/h6-16,26H,17-19H2,1-5H3,(H,30,33)/t26-/m0/s1. The number of benzene rings is 3. The summed E-state index contributed by atoms with van der Waals surface area (Å²) in [5.41, 5.74) is 6.30. The van der Waals surface area contributed by atoms with E-state index in [0.717, 1.165) is 33.4 Å². The Balaban J connectivity index is 1.89. The van der Waals surface area contributed by atoms with Crippen molar-refractivity contribution in [1.29, 1.82) is 0 Å². The van der Waals surface area contributed by atoms with Crippen LogP contribution < -0.4 is 10.1 Å². The Morgan fingerprint density at radius 1 is 0.882 bits per heavy atom. The number of hydrogen-bond donors (Lipinski definition) is 1. The van der Waals surface area contributed by atoms with Crippen LogP contribution in [0, 0.1) is 27.7 Å². The third kappa shape index (κ3) is 6.47. The predicted molar refractivity (Wildman–Crippen MR) is 136 cm³/mol. The van der Waals surface area contributed by atoms with Gasteiger partial charge in [0.15, 0.2) is 6.61 Å². The van der Waals surface area contributed by atoms with E-state index in [1.54, 1.807) is 11.9 Å². The molecule has 5 heteroatoms. The summed E-state index contributed by atoms with van der Waals surface area (Å²) in [5.74, 6) is 0.260. The molecule has 0 bridgehead atoms. The van der Waals surface area contributed by atoms with Crippen molar-refractivity contribution >= 4 is 11.8 Å². The maximum atomic E-state index is 13.5. The smallest absolute Gasteiger partial charge is 0.261 e. The zero-order valence-electron chi connectivity index (χ0n) is 20.7. The number of nitrogens with zero attached hydrogens (tertiary/aromatic N) is 1. The van der Waals surface area contributed by atoms with Crippen molar-refractivity contribution in [2.24, 2.45) is 0 Å². The lowest BCUT2D eigenvalue weighted by atomic mass is 10.0. The molecule has 2 amide bonds. The molecular weight excluding hydrogens is 424 g/mol. The molecule has 0 saturated heterocycles. The van der Waals surface area contributed by atoms with Crippen LogP contribution in [0.1, 0.15) is 33.4 Å². The first-order valence-electron chi connectivity index (χ1n) is 11.6. The molecule has 0 saturated carbocycles. The van der Waals surface area contributed by atoms with Gasteiger partial charge in [-0.15, -0.1) is 0 Å². The fourth-order valence-electron chi connectivity index (χ4n) is 3.98. The molecule has 178 valence electrons. The van der Waals surface area contributed by atoms with E-state index in [-0.39, 0.29) is 18.4 Å². The second-order valence-electron chi connectivity index (χ2n) is 8.82. The van der Waals surface area contributed by atoms with Crippen LogP contribution in [0.15, 0.2) is 66.7 Å². The molecule has 5 nitrogen and oxygen atoms in total. The summed E-state index contributed by atoms with van der Waals surface area (Å²) in [4.78, 5) is 28.2. The molecule has 0 aromatic heterocycles. The average Bonchev–Trinajstić information content (AvgIpc) is 2.83. The van der Waals surface area contributed by atoms with E-state index in [9.17, 15) is 9.59 Å². The van der Waals surface area contributed by atoms with E-state index < -0.39 is 6.04 Å². The van der Waals surface area contributed by atoms with Gasteiger partial charge in [0.2, 0.25) is 5.91 Å². The summed E-state index contributed by atoms with van der Waals surface area (Å²) in [6, 6.07) is 21.1. The average molecular weight is 459 g/mol. The van der Waals surface area contributed by atoms with Gasteiger partial charge in [-0.05, 0) is 61.6 Å². The molecule has 1 N–H and O–H groups in total. The Morgan fingerprint density at radius 3 is 2.21 bits per heavy atom. The van der Waals surface area contributed by atoms with Crippen LogP contribution in [0.4, 0.5) is 0 Å². The topological polar surface area (TPSA) is 58.6 Å². The molecule has 3 aromatic carbocycles. The van der Waals surface area contributed by atoms with E-state index in [0.29, 0.717) is 18.7 Å². The molecule has 1 atom stereocenters. The molecule has 3 aromatic rings. The Hall–Kier alpha value is -3.60. The summed E-state index contributed by atoms with van der Waals surface area (Å²) >= 11 is 0. The first-order valence-corrected chi connectivity index (χ1v) is 11.6. The van der Waals surface area contributed by atoms with Crippen LogP contribution in [0.2, 0.25) is 0 Å². The van der Waals surface area contributed by atoms with Gasteiger partial charge in [-0.25, -0.2) is 0 Å². The van der Waals surface area contributed by atoms with Crippen molar-refractivity contribution in [2.45, 2.75) is 46.7 Å². The molecule has 0 aliphatic heterocycles. The summed E-state index contributed by atoms with van der Waals surface area (Å²) in [6.45, 7) is 8.22. The second-order valence-corrected chi connectivity index (χ2v) is 8.82. The number of carbonyl (C=O) groups is 2. The Labute approximate surface area is 202 Å². The fraction of sp³-hybridized carbons (Fsp3) is 0.310. The number of rotatable bonds is 9. The fourth-order valence-corrected chi connectivity index (χ4v) is 3.98. The van der Waals surface area contributed by atoms with Gasteiger partial charge in [0, 0.05) is 20.0 Å². The highest BCUT2D eigenvalue weighted by Gasteiger charge is 2.30. The van der Waals surface area contributed by atoms with Crippen LogP contribution in [-0.2, 0) is 22.6 Å². The molecule has 0 fully saturated rings. The van der Waals surface area contributed by atoms with Gasteiger partial charge in [0.25, 0.3) is 5.91 Å². The van der Waals surface area contributed by atoms with Crippen molar-refractivity contribution in [2.75, 3.05) is 13.7 Å². The van der Waals surface area contributed by atoms with Gasteiger partial charge in [0.1, 0.15) is 11.8 Å². The minimum atomic E-state index is -0.662. The molecule has 0 unspecified atom stereocenters. The highest BCUT2D eigenvalue weighted by Crippen LogP contribution is 2.24. The lowest BCUT2D eigenvalue weighted by molar-refractivity contribution is -0.142. The van der Waals surface area contributed by atoms with Gasteiger partial charge < -0.3 is 15.0 Å². The monoisotopic (exact) mass is 458 g/mol. The van der Waals surface area contributed by atoms with Crippen LogP contribution in [0.5, 0.6) is 5.75 Å². The minimum absolute atomic E-state index is 0.141. The highest BCUT2D eigenvalue weighted by molar-refractivity contribution is 5.88. The molecule has 0 aliphatic rings. The van der Waals surface area contributed by atoms with Gasteiger partial charge in [-0.3, -0.25) is 9.59 Å². The number of carbonyl (C=O) groups excluding carboxylic acids is 2. The number of amides is 2. The van der Waals surface area contributed by atoms with Gasteiger partial charge >= 0.3 is 0 Å². The molecule has 0 heterocycles. The van der Waals surface area contributed by atoms with Gasteiger partial charge in [-0.1, -0.05) is 66.2 Å². The third-order valence-corrected chi connectivity index (χ3v) is 6.11. The van der Waals surface area contributed by atoms with E-state index in [1.807, 2.05) is 88.4 Å². The summed E-state index contributed by atoms with van der Waals surface area (Å²) in [6.07, 6.45) is 0.417. The molecule has 3 rings (SSSR count). The van der Waals surface area contributed by atoms with Gasteiger partial charge in [0.05, 0.1) is 0 Å². The van der Waals surface area contributed by atoms with Crippen LogP contribution >= 0.6 is 0 Å². The van der Waals surface area contributed by atoms with Crippen LogP contribution in [0.3, 0.4) is 0 Å². The molecular formula is C29H34N2O3. The SMILES string of the molecule is CNC(=O)[C@H](Cc1ccccc1)N(Cc1ccc(C)cc1)C(=O)COc1cc(C)cc(C)c1C. The lowest BCUT2D eigenvalue weighted by Gasteiger charge is -2.31. The number of likely N-dealkylation sites (N-methyl/N-ethyl adjacent to an activating group) is 1. The first-order chi connectivity index (χ1) is 16.3. The molecule has 34 heavy (non-hydrogen) atoms. The number of nitrogens with one attached hydrogen (secondary N) is 1. The maximum absolute atomic E-state index is 13.5. The zero-order valence-corrected chi connectivity index (χ0v) is 20.7. The van der Waals surface area contributed by atoms with Crippen molar-refractivity contribution in [3.63, 3.8) is 0 Å². The van der Waals surface area contributed by atoms with E-state index >= 15 is 0 Å². The predicted octanol–water partition coefficient (Wildman–Crippen LogP) is 4.69. The number of hydrogen-bond acceptors (Lipinski definition) is 3. The third-order valence-electron chi connectivity index (χ3n) is 6.11. The van der Waals surface area contributed by atoms with Crippen molar-refractivity contribution in [3.05, 3.63) is 100 Å². The number of ether oxygens (including phenoxy) is 1. The van der Waals surface area contributed by atoms with E-state index in [1.165, 1.54) is 0 Å². The zero-order chi connectivity index (χ0) is 24.7. The summed E-state index contributed by atoms with van der Waals surface area (Å²) in [5, 5.41) is 2.74. The first kappa shape index (κ1) is 25.0. The molecule has 0 radical (unpaired) electrons. The Kier molecular flexibility index (Phi) is 8.47. The Bertz CT molecular complexity index is 1120. The molecule has 0 spiro atoms. The largest absolute Gasteiger partial charge is 0.483 e. The van der Waals surface area contributed by atoms with Crippen molar-refractivity contribution < 1.29 is 14.3 Å². The molecule has 0 aliphatic carbocycles. The lowest BCUT2D eigenvalue weighted by Crippen LogP contribution is -2.51. The van der Waals surface area contributed by atoms with Crippen LogP contribution in [0.25, 0.3) is 0 Å². The second kappa shape index (κ2) is 11.5.